The number of methoxy groups -OCH3 is 1. The molecule has 1 aliphatic rings. The van der Waals surface area contributed by atoms with Crippen LogP contribution in [-0.2, 0) is 27.3 Å². The second kappa shape index (κ2) is 13.8. The molecule has 1 unspecified atom stereocenters. The molecule has 10 nitrogen and oxygen atoms in total. The van der Waals surface area contributed by atoms with Crippen LogP contribution in [0.5, 0.6) is 0 Å². The average Bonchev–Trinajstić information content (AvgIpc) is 3.63. The van der Waals surface area contributed by atoms with Crippen molar-refractivity contribution in [1.82, 2.24) is 19.8 Å². The minimum atomic E-state index is -0.963. The van der Waals surface area contributed by atoms with Gasteiger partial charge in [-0.25, -0.2) is 4.79 Å². The number of aromatic nitrogens is 2. The summed E-state index contributed by atoms with van der Waals surface area (Å²) in [5.41, 5.74) is 2.92. The van der Waals surface area contributed by atoms with Crippen LogP contribution in [0.3, 0.4) is 0 Å². The summed E-state index contributed by atoms with van der Waals surface area (Å²) in [7, 11) is 1.21. The Balaban J connectivity index is 1.44. The molecule has 10 heteroatoms. The molecule has 0 radical (unpaired) electrons. The molecule has 0 saturated carbocycles. The fourth-order valence-electron chi connectivity index (χ4n) is 5.09. The fourth-order valence-corrected chi connectivity index (χ4v) is 5.09. The lowest BCUT2D eigenvalue weighted by atomic mass is 10.0. The zero-order valence-electron chi connectivity index (χ0n) is 23.9. The molecule has 1 saturated heterocycles. The zero-order valence-corrected chi connectivity index (χ0v) is 23.9. The first-order chi connectivity index (χ1) is 19.7. The third-order valence-corrected chi connectivity index (χ3v) is 7.14. The van der Waals surface area contributed by atoms with Crippen molar-refractivity contribution in [3.05, 3.63) is 76.4 Å². The molecule has 1 aromatic carbocycles. The predicted molar refractivity (Wildman–Crippen MR) is 159 cm³/mol. The maximum absolute atomic E-state index is 13.3. The number of alkyl carbamates (subject to hydrolysis) is 1. The highest BCUT2D eigenvalue weighted by atomic mass is 16.5. The van der Waals surface area contributed by atoms with Crippen molar-refractivity contribution in [2.24, 2.45) is 5.92 Å². The smallest absolute Gasteiger partial charge is 0.407 e. The molecule has 218 valence electrons. The van der Waals surface area contributed by atoms with Gasteiger partial charge >= 0.3 is 6.09 Å². The van der Waals surface area contributed by atoms with Gasteiger partial charge in [0.15, 0.2) is 0 Å². The molecule has 3 amide bonds. The Morgan fingerprint density at radius 1 is 1.12 bits per heavy atom. The topological polar surface area (TPSA) is 126 Å². The number of ether oxygens (including phenoxy) is 1. The maximum atomic E-state index is 13.3. The normalized spacial score (nSPS) is 14.1. The Kier molecular flexibility index (Phi) is 10.00. The molecule has 0 aliphatic carbocycles. The third-order valence-electron chi connectivity index (χ3n) is 7.14. The number of hydrogen-bond acceptors (Lipinski definition) is 5. The van der Waals surface area contributed by atoms with Gasteiger partial charge in [0.05, 0.1) is 13.7 Å². The number of allylic oxidation sites excluding steroid dienone is 1. The van der Waals surface area contributed by atoms with Crippen LogP contribution in [0.2, 0.25) is 0 Å². The number of carbonyl (C=O) groups excluding carboxylic acids is 3. The van der Waals surface area contributed by atoms with E-state index >= 15 is 0 Å². The first-order valence-corrected chi connectivity index (χ1v) is 14.1. The van der Waals surface area contributed by atoms with Crippen LogP contribution in [0, 0.1) is 5.92 Å². The second-order valence-corrected chi connectivity index (χ2v) is 10.8. The highest BCUT2D eigenvalue weighted by molar-refractivity contribution is 5.96. The predicted octanol–water partition coefficient (Wildman–Crippen LogP) is 4.20. The third kappa shape index (κ3) is 7.87. The van der Waals surface area contributed by atoms with Gasteiger partial charge in [0.1, 0.15) is 11.7 Å². The van der Waals surface area contributed by atoms with Gasteiger partial charge in [0.2, 0.25) is 11.8 Å². The van der Waals surface area contributed by atoms with Crippen LogP contribution in [0.15, 0.2) is 59.5 Å². The number of rotatable bonds is 11. The minimum Gasteiger partial charge on any atom is -0.453 e. The van der Waals surface area contributed by atoms with Crippen LogP contribution in [0.4, 0.5) is 10.5 Å². The number of nitrogens with one attached hydrogen (secondary N) is 3. The van der Waals surface area contributed by atoms with Crippen molar-refractivity contribution in [2.75, 3.05) is 25.5 Å². The summed E-state index contributed by atoms with van der Waals surface area (Å²) >= 11 is 0. The standard InChI is InChI=1S/C31H39N5O5/c1-21(2)18-22-10-8-11-23-19-24(32-28(22)23)20-36-17-9-13-26(30(36)39)33-29(38)25(34-31(40)41-3)12-4-5-14-27(37)35-15-6-7-16-35/h5,8-11,13-14,17,19,21,25,32H,4,6-7,12,15-16,18,20H2,1-3H3,(H,33,38)(H,34,40). The number of para-hydroxylation sites is 1. The van der Waals surface area contributed by atoms with E-state index < -0.39 is 18.0 Å². The number of anilines is 1. The van der Waals surface area contributed by atoms with Gasteiger partial charge in [-0.1, -0.05) is 38.1 Å². The molecule has 1 fully saturated rings. The van der Waals surface area contributed by atoms with Crippen molar-refractivity contribution in [3.8, 4) is 0 Å². The highest BCUT2D eigenvalue weighted by Gasteiger charge is 2.22. The second-order valence-electron chi connectivity index (χ2n) is 10.8. The summed E-state index contributed by atoms with van der Waals surface area (Å²) in [6, 6.07) is 10.5. The Labute approximate surface area is 239 Å². The van der Waals surface area contributed by atoms with Crippen molar-refractivity contribution in [3.63, 3.8) is 0 Å². The Morgan fingerprint density at radius 3 is 2.63 bits per heavy atom. The van der Waals surface area contributed by atoms with Gasteiger partial charge in [0.25, 0.3) is 5.56 Å². The summed E-state index contributed by atoms with van der Waals surface area (Å²) in [6.45, 7) is 6.18. The van der Waals surface area contributed by atoms with Crippen LogP contribution in [0.25, 0.3) is 10.9 Å². The van der Waals surface area contributed by atoms with Crippen molar-refractivity contribution < 1.29 is 19.1 Å². The van der Waals surface area contributed by atoms with E-state index in [0.717, 1.165) is 48.9 Å². The lowest BCUT2D eigenvalue weighted by Crippen LogP contribution is -2.44. The molecular formula is C31H39N5O5. The molecule has 3 heterocycles. The molecular weight excluding hydrogens is 522 g/mol. The molecule has 2 aromatic heterocycles. The van der Waals surface area contributed by atoms with Gasteiger partial charge in [0, 0.05) is 30.5 Å². The van der Waals surface area contributed by atoms with Gasteiger partial charge in [-0.05, 0) is 73.2 Å². The Hall–Kier alpha value is -4.34. The lowest BCUT2D eigenvalue weighted by Gasteiger charge is -2.17. The lowest BCUT2D eigenvalue weighted by molar-refractivity contribution is -0.125. The summed E-state index contributed by atoms with van der Waals surface area (Å²) < 4.78 is 6.20. The number of hydrogen-bond donors (Lipinski definition) is 3. The van der Waals surface area contributed by atoms with Crippen molar-refractivity contribution in [1.29, 1.82) is 0 Å². The number of fused-ring (bicyclic) bond motifs is 1. The Morgan fingerprint density at radius 2 is 1.90 bits per heavy atom. The molecule has 0 bridgehead atoms. The Bertz CT molecular complexity index is 1470. The first-order valence-electron chi connectivity index (χ1n) is 14.1. The number of pyridine rings is 1. The summed E-state index contributed by atoms with van der Waals surface area (Å²) in [5, 5.41) is 6.27. The van der Waals surface area contributed by atoms with E-state index in [1.54, 1.807) is 23.2 Å². The number of amides is 3. The molecule has 1 atom stereocenters. The van der Waals surface area contributed by atoms with E-state index in [-0.39, 0.29) is 23.6 Å². The molecule has 0 spiro atoms. The number of H-pyrrole nitrogens is 1. The summed E-state index contributed by atoms with van der Waals surface area (Å²) in [6.07, 6.45) is 7.67. The van der Waals surface area contributed by atoms with E-state index in [9.17, 15) is 19.2 Å². The van der Waals surface area contributed by atoms with E-state index in [1.807, 2.05) is 18.2 Å². The number of benzene rings is 1. The van der Waals surface area contributed by atoms with Crippen LogP contribution < -0.4 is 16.2 Å². The van der Waals surface area contributed by atoms with Crippen LogP contribution in [-0.4, -0.2) is 58.6 Å². The molecule has 3 aromatic rings. The zero-order chi connectivity index (χ0) is 29.4. The van der Waals surface area contributed by atoms with Crippen LogP contribution in [0.1, 0.15) is 50.8 Å². The SMILES string of the molecule is COC(=O)NC(CCC=CC(=O)N1CCCC1)C(=O)Nc1cccn(Cc2cc3cccc(CC(C)C)c3[nH]2)c1=O. The summed E-state index contributed by atoms with van der Waals surface area (Å²) in [4.78, 5) is 55.8. The summed E-state index contributed by atoms with van der Waals surface area (Å²) in [5.74, 6) is -0.0879. The van der Waals surface area contributed by atoms with E-state index in [1.165, 1.54) is 29.4 Å². The van der Waals surface area contributed by atoms with Crippen molar-refractivity contribution in [2.45, 2.75) is 58.5 Å². The average molecular weight is 562 g/mol. The number of carbonyl (C=O) groups is 3. The van der Waals surface area contributed by atoms with Crippen LogP contribution >= 0.6 is 0 Å². The van der Waals surface area contributed by atoms with E-state index in [0.29, 0.717) is 18.9 Å². The quantitative estimate of drug-likeness (QED) is 0.303. The maximum Gasteiger partial charge on any atom is 0.407 e. The molecule has 41 heavy (non-hydrogen) atoms. The van der Waals surface area contributed by atoms with Gasteiger partial charge in [-0.2, -0.15) is 0 Å². The van der Waals surface area contributed by atoms with E-state index in [2.05, 4.69) is 40.3 Å². The molecule has 4 rings (SSSR count). The fraction of sp³-hybridized carbons (Fsp3) is 0.419. The molecule has 1 aliphatic heterocycles. The van der Waals surface area contributed by atoms with Crippen molar-refractivity contribution >= 4 is 34.5 Å². The number of likely N-dealkylation sites (tertiary alicyclic amines) is 1. The first kappa shape index (κ1) is 29.6. The van der Waals surface area contributed by atoms with E-state index in [4.69, 9.17) is 0 Å². The molecule has 3 N–H and O–H groups in total. The number of aromatic amines is 1. The van der Waals surface area contributed by atoms with Gasteiger partial charge in [-0.15, -0.1) is 0 Å². The monoisotopic (exact) mass is 561 g/mol. The minimum absolute atomic E-state index is 0.0552. The highest BCUT2D eigenvalue weighted by Crippen LogP contribution is 2.22. The van der Waals surface area contributed by atoms with Gasteiger partial charge < -0.3 is 29.8 Å². The largest absolute Gasteiger partial charge is 0.453 e. The number of nitrogens with zero attached hydrogens (tertiary/aromatic N) is 2. The van der Waals surface area contributed by atoms with Gasteiger partial charge in [-0.3, -0.25) is 14.4 Å².